The van der Waals surface area contributed by atoms with Crippen molar-refractivity contribution >= 4 is 12.0 Å². The zero-order chi connectivity index (χ0) is 17.7. The standard InChI is InChI=1S/C17H32N2O4/c1-7-13(3)18-14(20)11-22-17(8-2)9-10-19(12-17)15(21)23-16(4,5)6/h13H,7-12H2,1-6H3,(H,18,20). The predicted molar refractivity (Wildman–Crippen MR) is 89.3 cm³/mol. The molecule has 134 valence electrons. The maximum atomic E-state index is 12.2. The van der Waals surface area contributed by atoms with Gasteiger partial charge in [0.25, 0.3) is 0 Å². The Bertz CT molecular complexity index is 419. The summed E-state index contributed by atoms with van der Waals surface area (Å²) in [5, 5.41) is 2.89. The van der Waals surface area contributed by atoms with Crippen molar-refractivity contribution in [2.24, 2.45) is 0 Å². The van der Waals surface area contributed by atoms with Gasteiger partial charge in [-0.25, -0.2) is 4.79 Å². The zero-order valence-corrected chi connectivity index (χ0v) is 15.4. The maximum Gasteiger partial charge on any atom is 0.410 e. The number of amides is 2. The Balaban J connectivity index is 2.53. The second-order valence-electron chi connectivity index (χ2n) is 7.35. The molecule has 6 heteroatoms. The van der Waals surface area contributed by atoms with Crippen LogP contribution in [0.1, 0.15) is 60.8 Å². The molecule has 6 nitrogen and oxygen atoms in total. The van der Waals surface area contributed by atoms with Gasteiger partial charge >= 0.3 is 6.09 Å². The Labute approximate surface area is 139 Å². The van der Waals surface area contributed by atoms with Crippen LogP contribution in [0.4, 0.5) is 4.79 Å². The Morgan fingerprint density at radius 2 is 1.96 bits per heavy atom. The molecule has 2 unspecified atom stereocenters. The molecule has 1 N–H and O–H groups in total. The molecule has 1 rings (SSSR count). The van der Waals surface area contributed by atoms with Crippen LogP contribution in [-0.4, -0.2) is 53.8 Å². The van der Waals surface area contributed by atoms with E-state index in [4.69, 9.17) is 9.47 Å². The third kappa shape index (κ3) is 6.37. The van der Waals surface area contributed by atoms with E-state index in [9.17, 15) is 9.59 Å². The molecule has 0 aromatic heterocycles. The number of carbonyl (C=O) groups excluding carboxylic acids is 2. The molecule has 0 aromatic carbocycles. The van der Waals surface area contributed by atoms with Gasteiger partial charge < -0.3 is 19.7 Å². The van der Waals surface area contributed by atoms with Crippen LogP contribution < -0.4 is 5.32 Å². The van der Waals surface area contributed by atoms with Crippen molar-refractivity contribution in [1.29, 1.82) is 0 Å². The highest BCUT2D eigenvalue weighted by Gasteiger charge is 2.41. The lowest BCUT2D eigenvalue weighted by Crippen LogP contribution is -2.43. The molecule has 2 atom stereocenters. The Hall–Kier alpha value is -1.30. The van der Waals surface area contributed by atoms with E-state index in [1.54, 1.807) is 4.90 Å². The third-order valence-electron chi connectivity index (χ3n) is 4.14. The van der Waals surface area contributed by atoms with Crippen molar-refractivity contribution < 1.29 is 19.1 Å². The normalized spacial score (nSPS) is 22.8. The first-order valence-electron chi connectivity index (χ1n) is 8.52. The van der Waals surface area contributed by atoms with E-state index in [1.165, 1.54) is 0 Å². The first-order chi connectivity index (χ1) is 10.6. The minimum absolute atomic E-state index is 0.0281. The highest BCUT2D eigenvalue weighted by atomic mass is 16.6. The summed E-state index contributed by atoms with van der Waals surface area (Å²) in [6.45, 7) is 12.6. The third-order valence-corrected chi connectivity index (χ3v) is 4.14. The number of nitrogens with one attached hydrogen (secondary N) is 1. The summed E-state index contributed by atoms with van der Waals surface area (Å²) in [6.07, 6.45) is 2.04. The largest absolute Gasteiger partial charge is 0.444 e. The smallest absolute Gasteiger partial charge is 0.410 e. The fourth-order valence-corrected chi connectivity index (χ4v) is 2.47. The molecule has 0 bridgehead atoms. The van der Waals surface area contributed by atoms with Crippen molar-refractivity contribution in [1.82, 2.24) is 10.2 Å². The van der Waals surface area contributed by atoms with E-state index in [-0.39, 0.29) is 24.6 Å². The fourth-order valence-electron chi connectivity index (χ4n) is 2.47. The molecular formula is C17H32N2O4. The van der Waals surface area contributed by atoms with Gasteiger partial charge in [-0.15, -0.1) is 0 Å². The summed E-state index contributed by atoms with van der Waals surface area (Å²) in [6, 6.07) is 0.144. The molecule has 1 saturated heterocycles. The Kier molecular flexibility index (Phi) is 6.86. The monoisotopic (exact) mass is 328 g/mol. The molecule has 0 saturated carbocycles. The van der Waals surface area contributed by atoms with Crippen molar-refractivity contribution in [3.8, 4) is 0 Å². The second-order valence-corrected chi connectivity index (χ2v) is 7.35. The molecule has 2 amide bonds. The average Bonchev–Trinajstić information content (AvgIpc) is 2.88. The lowest BCUT2D eigenvalue weighted by atomic mass is 10.00. The molecule has 1 heterocycles. The molecule has 0 spiro atoms. The SMILES string of the molecule is CCC(C)NC(=O)COC1(CC)CCN(C(=O)OC(C)(C)C)C1. The van der Waals surface area contributed by atoms with E-state index in [2.05, 4.69) is 5.32 Å². The van der Waals surface area contributed by atoms with Crippen LogP contribution in [0.5, 0.6) is 0 Å². The van der Waals surface area contributed by atoms with Gasteiger partial charge in [0, 0.05) is 12.6 Å². The van der Waals surface area contributed by atoms with Crippen molar-refractivity contribution in [3.63, 3.8) is 0 Å². The number of rotatable bonds is 6. The van der Waals surface area contributed by atoms with Crippen molar-refractivity contribution in [2.75, 3.05) is 19.7 Å². The molecule has 0 aromatic rings. The van der Waals surface area contributed by atoms with Crippen molar-refractivity contribution in [3.05, 3.63) is 0 Å². The topological polar surface area (TPSA) is 67.9 Å². The number of likely N-dealkylation sites (tertiary alicyclic amines) is 1. The van der Waals surface area contributed by atoms with E-state index in [0.717, 1.165) is 19.3 Å². The number of nitrogens with zero attached hydrogens (tertiary/aromatic N) is 1. The number of hydrogen-bond acceptors (Lipinski definition) is 4. The minimum atomic E-state index is -0.508. The van der Waals surface area contributed by atoms with E-state index in [1.807, 2.05) is 41.5 Å². The fraction of sp³-hybridized carbons (Fsp3) is 0.882. The average molecular weight is 328 g/mol. The molecule has 1 fully saturated rings. The van der Waals surface area contributed by atoms with Gasteiger partial charge in [0.15, 0.2) is 0 Å². The number of hydrogen-bond donors (Lipinski definition) is 1. The van der Waals surface area contributed by atoms with Gasteiger partial charge in [-0.3, -0.25) is 4.79 Å². The van der Waals surface area contributed by atoms with Gasteiger partial charge in [-0.1, -0.05) is 13.8 Å². The molecule has 0 aliphatic carbocycles. The van der Waals surface area contributed by atoms with Gasteiger partial charge in [-0.05, 0) is 47.0 Å². The van der Waals surface area contributed by atoms with Gasteiger partial charge in [0.2, 0.25) is 5.91 Å². The summed E-state index contributed by atoms with van der Waals surface area (Å²) in [5.41, 5.74) is -0.963. The quantitative estimate of drug-likeness (QED) is 0.814. The van der Waals surface area contributed by atoms with Crippen LogP contribution in [-0.2, 0) is 14.3 Å². The van der Waals surface area contributed by atoms with Gasteiger partial charge in [-0.2, -0.15) is 0 Å². The maximum absolute atomic E-state index is 12.2. The van der Waals surface area contributed by atoms with Gasteiger partial charge in [0.1, 0.15) is 12.2 Å². The summed E-state index contributed by atoms with van der Waals surface area (Å²) >= 11 is 0. The minimum Gasteiger partial charge on any atom is -0.444 e. The zero-order valence-electron chi connectivity index (χ0n) is 15.4. The summed E-state index contributed by atoms with van der Waals surface area (Å²) in [4.78, 5) is 25.7. The molecule has 23 heavy (non-hydrogen) atoms. The molecule has 1 aliphatic heterocycles. The summed E-state index contributed by atoms with van der Waals surface area (Å²) in [7, 11) is 0. The van der Waals surface area contributed by atoms with Gasteiger partial charge in [0.05, 0.1) is 12.1 Å². The van der Waals surface area contributed by atoms with Crippen LogP contribution in [0, 0.1) is 0 Å². The van der Waals surface area contributed by atoms with Crippen LogP contribution in [0.15, 0.2) is 0 Å². The van der Waals surface area contributed by atoms with Crippen LogP contribution in [0.25, 0.3) is 0 Å². The van der Waals surface area contributed by atoms with Crippen LogP contribution in [0.2, 0.25) is 0 Å². The Morgan fingerprint density at radius 1 is 1.30 bits per heavy atom. The lowest BCUT2D eigenvalue weighted by molar-refractivity contribution is -0.133. The lowest BCUT2D eigenvalue weighted by Gasteiger charge is -2.29. The number of carbonyl (C=O) groups is 2. The van der Waals surface area contributed by atoms with E-state index in [0.29, 0.717) is 13.1 Å². The highest BCUT2D eigenvalue weighted by molar-refractivity contribution is 5.77. The van der Waals surface area contributed by atoms with Crippen LogP contribution >= 0.6 is 0 Å². The first kappa shape index (κ1) is 19.7. The first-order valence-corrected chi connectivity index (χ1v) is 8.52. The second kappa shape index (κ2) is 7.99. The summed E-state index contributed by atoms with van der Waals surface area (Å²) in [5.74, 6) is -0.108. The number of ether oxygens (including phenoxy) is 2. The Morgan fingerprint density at radius 3 is 2.48 bits per heavy atom. The molecule has 0 radical (unpaired) electrons. The van der Waals surface area contributed by atoms with Crippen molar-refractivity contribution in [2.45, 2.75) is 78.0 Å². The molecular weight excluding hydrogens is 296 g/mol. The molecule has 1 aliphatic rings. The van der Waals surface area contributed by atoms with E-state index < -0.39 is 11.2 Å². The summed E-state index contributed by atoms with van der Waals surface area (Å²) < 4.78 is 11.3. The van der Waals surface area contributed by atoms with Crippen LogP contribution in [0.3, 0.4) is 0 Å². The highest BCUT2D eigenvalue weighted by Crippen LogP contribution is 2.29. The predicted octanol–water partition coefficient (Wildman–Crippen LogP) is 2.71. The van der Waals surface area contributed by atoms with E-state index >= 15 is 0 Å².